The van der Waals surface area contributed by atoms with E-state index in [1.165, 1.54) is 13.2 Å². The third kappa shape index (κ3) is 4.50. The number of para-hydroxylation sites is 2. The normalized spacial score (nSPS) is 10.6. The molecule has 0 spiro atoms. The number of hydrazone groups is 1. The molecular weight excluding hydrogens is 306 g/mol. The molecule has 0 saturated carbocycles. The van der Waals surface area contributed by atoms with E-state index in [9.17, 15) is 13.6 Å². The van der Waals surface area contributed by atoms with Crippen LogP contribution >= 0.6 is 0 Å². The van der Waals surface area contributed by atoms with Crippen molar-refractivity contribution in [1.29, 1.82) is 0 Å². The maximum absolute atomic E-state index is 13.3. The van der Waals surface area contributed by atoms with Crippen molar-refractivity contribution >= 4 is 12.1 Å². The fourth-order valence-electron chi connectivity index (χ4n) is 1.72. The van der Waals surface area contributed by atoms with Crippen LogP contribution < -0.4 is 14.9 Å². The molecule has 0 saturated heterocycles. The number of nitrogens with zero attached hydrogens (tertiary/aromatic N) is 1. The molecule has 0 heterocycles. The molecule has 0 aliphatic rings. The van der Waals surface area contributed by atoms with E-state index in [1.54, 1.807) is 24.3 Å². The van der Waals surface area contributed by atoms with E-state index < -0.39 is 17.5 Å². The predicted molar refractivity (Wildman–Crippen MR) is 80.6 cm³/mol. The van der Waals surface area contributed by atoms with E-state index in [-0.39, 0.29) is 12.2 Å². The summed E-state index contributed by atoms with van der Waals surface area (Å²) in [5, 5.41) is 3.50. The highest BCUT2D eigenvalue weighted by Crippen LogP contribution is 2.25. The fourth-order valence-corrected chi connectivity index (χ4v) is 1.72. The summed E-state index contributed by atoms with van der Waals surface area (Å²) in [6.07, 6.45) is 0.895. The first kappa shape index (κ1) is 16.4. The minimum atomic E-state index is -0.770. The van der Waals surface area contributed by atoms with Crippen molar-refractivity contribution < 1.29 is 23.0 Å². The number of nitrogens with one attached hydrogen (secondary N) is 1. The molecule has 23 heavy (non-hydrogen) atoms. The average molecular weight is 320 g/mol. The van der Waals surface area contributed by atoms with Crippen LogP contribution in [0.15, 0.2) is 47.6 Å². The second-order valence-electron chi connectivity index (χ2n) is 4.37. The van der Waals surface area contributed by atoms with Gasteiger partial charge in [-0.3, -0.25) is 4.79 Å². The minimum Gasteiger partial charge on any atom is -0.493 e. The predicted octanol–water partition coefficient (Wildman–Crippen LogP) is 2.50. The van der Waals surface area contributed by atoms with Crippen LogP contribution in [-0.2, 0) is 4.79 Å². The van der Waals surface area contributed by atoms with Crippen molar-refractivity contribution in [2.24, 2.45) is 5.10 Å². The second-order valence-corrected chi connectivity index (χ2v) is 4.37. The zero-order chi connectivity index (χ0) is 16.7. The largest absolute Gasteiger partial charge is 0.493 e. The first-order chi connectivity index (χ1) is 11.1. The van der Waals surface area contributed by atoms with Gasteiger partial charge >= 0.3 is 0 Å². The average Bonchev–Trinajstić information content (AvgIpc) is 2.56. The molecule has 0 bridgehead atoms. The topological polar surface area (TPSA) is 59.9 Å². The van der Waals surface area contributed by atoms with Crippen molar-refractivity contribution in [1.82, 2.24) is 5.43 Å². The van der Waals surface area contributed by atoms with Crippen molar-refractivity contribution in [3.63, 3.8) is 0 Å². The third-order valence-electron chi connectivity index (χ3n) is 2.81. The van der Waals surface area contributed by atoms with Crippen LogP contribution in [-0.4, -0.2) is 25.8 Å². The summed E-state index contributed by atoms with van der Waals surface area (Å²) < 4.78 is 37.0. The quantitative estimate of drug-likeness (QED) is 0.657. The number of halogens is 2. The second kappa shape index (κ2) is 7.88. The van der Waals surface area contributed by atoms with Gasteiger partial charge in [-0.1, -0.05) is 18.2 Å². The summed E-state index contributed by atoms with van der Waals surface area (Å²) in [4.78, 5) is 11.6. The lowest BCUT2D eigenvalue weighted by molar-refractivity contribution is -0.123. The lowest BCUT2D eigenvalue weighted by Gasteiger charge is -2.09. The molecule has 2 rings (SSSR count). The summed E-state index contributed by atoms with van der Waals surface area (Å²) in [5.74, 6) is -1.24. The van der Waals surface area contributed by atoms with E-state index in [4.69, 9.17) is 9.47 Å². The van der Waals surface area contributed by atoms with Gasteiger partial charge in [-0.15, -0.1) is 0 Å². The van der Waals surface area contributed by atoms with Crippen molar-refractivity contribution in [2.45, 2.75) is 0 Å². The van der Waals surface area contributed by atoms with Gasteiger partial charge < -0.3 is 9.47 Å². The maximum atomic E-state index is 13.3. The Morgan fingerprint density at radius 1 is 1.13 bits per heavy atom. The summed E-state index contributed by atoms with van der Waals surface area (Å²) >= 11 is 0. The Hall–Kier alpha value is -2.96. The van der Waals surface area contributed by atoms with Crippen LogP contribution in [0, 0.1) is 11.6 Å². The van der Waals surface area contributed by atoms with Gasteiger partial charge in [0.25, 0.3) is 5.91 Å². The van der Waals surface area contributed by atoms with E-state index in [0.717, 1.165) is 18.3 Å². The smallest absolute Gasteiger partial charge is 0.277 e. The molecule has 0 unspecified atom stereocenters. The summed E-state index contributed by atoms with van der Waals surface area (Å²) in [7, 11) is 1.48. The van der Waals surface area contributed by atoms with E-state index in [0.29, 0.717) is 11.5 Å². The van der Waals surface area contributed by atoms with Gasteiger partial charge in [0.05, 0.1) is 18.9 Å². The Morgan fingerprint density at radius 2 is 1.78 bits per heavy atom. The van der Waals surface area contributed by atoms with Crippen LogP contribution in [0.1, 0.15) is 5.56 Å². The number of hydrogen-bond acceptors (Lipinski definition) is 4. The van der Waals surface area contributed by atoms with Gasteiger partial charge in [-0.2, -0.15) is 5.10 Å². The lowest BCUT2D eigenvalue weighted by atomic mass is 10.2. The molecule has 5 nitrogen and oxygen atoms in total. The first-order valence-electron chi connectivity index (χ1n) is 6.63. The van der Waals surface area contributed by atoms with Crippen molar-refractivity contribution in [2.75, 3.05) is 13.7 Å². The number of hydrogen-bond donors (Lipinski definition) is 1. The van der Waals surface area contributed by atoms with Gasteiger partial charge in [-0.25, -0.2) is 14.2 Å². The summed E-state index contributed by atoms with van der Waals surface area (Å²) in [6, 6.07) is 10.3. The van der Waals surface area contributed by atoms with Crippen LogP contribution in [0.3, 0.4) is 0 Å². The van der Waals surface area contributed by atoms with Gasteiger partial charge in [0.15, 0.2) is 18.1 Å². The van der Waals surface area contributed by atoms with E-state index >= 15 is 0 Å². The highest BCUT2D eigenvalue weighted by Gasteiger charge is 2.07. The number of carbonyl (C=O) groups excluding carboxylic acids is 1. The molecule has 1 N–H and O–H groups in total. The van der Waals surface area contributed by atoms with Crippen LogP contribution in [0.25, 0.3) is 0 Å². The van der Waals surface area contributed by atoms with Crippen LogP contribution in [0.4, 0.5) is 8.78 Å². The van der Waals surface area contributed by atoms with Crippen LogP contribution in [0.2, 0.25) is 0 Å². The molecule has 2 aromatic carbocycles. The van der Waals surface area contributed by atoms with E-state index in [2.05, 4.69) is 10.5 Å². The lowest BCUT2D eigenvalue weighted by Crippen LogP contribution is -2.24. The number of methoxy groups -OCH3 is 1. The van der Waals surface area contributed by atoms with Gasteiger partial charge in [0.2, 0.25) is 0 Å². The number of amides is 1. The zero-order valence-corrected chi connectivity index (χ0v) is 12.3. The molecule has 7 heteroatoms. The van der Waals surface area contributed by atoms with Crippen molar-refractivity contribution in [3.05, 3.63) is 59.7 Å². The number of ether oxygens (including phenoxy) is 2. The molecule has 0 radical (unpaired) electrons. The van der Waals surface area contributed by atoms with Gasteiger partial charge in [0.1, 0.15) is 11.6 Å². The first-order valence-corrected chi connectivity index (χ1v) is 6.63. The minimum absolute atomic E-state index is 0.322. The molecule has 0 aliphatic heterocycles. The Bertz CT molecular complexity index is 700. The van der Waals surface area contributed by atoms with Gasteiger partial charge in [0, 0.05) is 0 Å². The molecule has 120 valence electrons. The Balaban J connectivity index is 1.89. The van der Waals surface area contributed by atoms with Gasteiger partial charge in [-0.05, 0) is 24.3 Å². The number of benzene rings is 2. The number of rotatable bonds is 6. The van der Waals surface area contributed by atoms with Crippen LogP contribution in [0.5, 0.6) is 11.5 Å². The number of carbonyl (C=O) groups is 1. The van der Waals surface area contributed by atoms with E-state index in [1.807, 2.05) is 0 Å². The highest BCUT2D eigenvalue weighted by atomic mass is 19.1. The molecule has 0 atom stereocenters. The summed E-state index contributed by atoms with van der Waals surface area (Å²) in [5.41, 5.74) is 1.79. The molecule has 0 aromatic heterocycles. The third-order valence-corrected chi connectivity index (χ3v) is 2.81. The SMILES string of the molecule is COc1ccccc1OCC(=O)NN=Cc1c(F)cccc1F. The highest BCUT2D eigenvalue weighted by molar-refractivity contribution is 5.83. The van der Waals surface area contributed by atoms with Crippen molar-refractivity contribution in [3.8, 4) is 11.5 Å². The molecule has 0 aliphatic carbocycles. The maximum Gasteiger partial charge on any atom is 0.277 e. The monoisotopic (exact) mass is 320 g/mol. The molecular formula is C16H14F2N2O3. The molecule has 1 amide bonds. The Kier molecular flexibility index (Phi) is 5.62. The Labute approximate surface area is 131 Å². The summed E-state index contributed by atoms with van der Waals surface area (Å²) in [6.45, 7) is -0.322. The standard InChI is InChI=1S/C16H14F2N2O3/c1-22-14-7-2-3-8-15(14)23-10-16(21)20-19-9-11-12(17)5-4-6-13(11)18/h2-9H,10H2,1H3,(H,20,21). The molecule has 2 aromatic rings. The zero-order valence-electron chi connectivity index (χ0n) is 12.3. The Morgan fingerprint density at radius 3 is 2.43 bits per heavy atom. The molecule has 0 fully saturated rings. The fraction of sp³-hybridized carbons (Fsp3) is 0.125.